The van der Waals surface area contributed by atoms with Crippen molar-refractivity contribution in [2.24, 2.45) is 0 Å². The molecule has 5 aromatic rings. The van der Waals surface area contributed by atoms with E-state index in [2.05, 4.69) is 35.5 Å². The van der Waals surface area contributed by atoms with Crippen LogP contribution in [0.5, 0.6) is 11.6 Å². The van der Waals surface area contributed by atoms with Gasteiger partial charge in [-0.2, -0.15) is 28.1 Å². The first kappa shape index (κ1) is 21.9. The number of rotatable bonds is 5. The fourth-order valence-electron chi connectivity index (χ4n) is 3.43. The van der Waals surface area contributed by atoms with Crippen molar-refractivity contribution in [3.8, 4) is 23.0 Å². The van der Waals surface area contributed by atoms with Crippen molar-refractivity contribution >= 4 is 34.2 Å². The van der Waals surface area contributed by atoms with Gasteiger partial charge in [0.15, 0.2) is 5.82 Å². The minimum atomic E-state index is -4.46. The van der Waals surface area contributed by atoms with Crippen LogP contribution in [-0.4, -0.2) is 30.1 Å². The highest BCUT2D eigenvalue weighted by Crippen LogP contribution is 2.35. The number of benzene rings is 2. The number of nitrogen functional groups attached to an aromatic ring is 2. The molecule has 6 N–H and O–H groups in total. The van der Waals surface area contributed by atoms with Crippen molar-refractivity contribution in [3.05, 3.63) is 66.5 Å². The lowest BCUT2D eigenvalue weighted by Crippen LogP contribution is -2.05. The molecule has 0 bridgehead atoms. The number of pyridine rings is 1. The maximum atomic E-state index is 13.0. The van der Waals surface area contributed by atoms with Gasteiger partial charge >= 0.3 is 6.18 Å². The Labute approximate surface area is 195 Å². The van der Waals surface area contributed by atoms with Gasteiger partial charge in [-0.05, 0) is 41.8 Å². The van der Waals surface area contributed by atoms with Crippen molar-refractivity contribution in [1.29, 1.82) is 0 Å². The molecule has 0 spiro atoms. The van der Waals surface area contributed by atoms with E-state index >= 15 is 0 Å². The van der Waals surface area contributed by atoms with Crippen LogP contribution < -0.4 is 21.5 Å². The van der Waals surface area contributed by atoms with Gasteiger partial charge in [-0.3, -0.25) is 10.1 Å². The molecule has 0 radical (unpaired) electrons. The van der Waals surface area contributed by atoms with Crippen LogP contribution in [0, 0.1) is 0 Å². The third-order valence-corrected chi connectivity index (χ3v) is 4.92. The van der Waals surface area contributed by atoms with Crippen molar-refractivity contribution in [2.45, 2.75) is 6.18 Å². The predicted octanol–water partition coefficient (Wildman–Crippen LogP) is 4.53. The topological polar surface area (TPSA) is 154 Å². The van der Waals surface area contributed by atoms with Gasteiger partial charge in [0.1, 0.15) is 11.6 Å². The number of fused-ring (bicyclic) bond motifs is 1. The molecule has 0 aliphatic carbocycles. The average molecular weight is 479 g/mol. The Hall–Kier alpha value is -4.94. The van der Waals surface area contributed by atoms with Gasteiger partial charge in [-0.1, -0.05) is 6.07 Å². The molecule has 5 rings (SSSR count). The third-order valence-electron chi connectivity index (χ3n) is 4.92. The van der Waals surface area contributed by atoms with Crippen LogP contribution in [0.1, 0.15) is 5.56 Å². The van der Waals surface area contributed by atoms with Crippen molar-refractivity contribution < 1.29 is 17.9 Å². The number of hydrogen-bond donors (Lipinski definition) is 4. The fourth-order valence-corrected chi connectivity index (χ4v) is 3.43. The van der Waals surface area contributed by atoms with Crippen LogP contribution in [0.25, 0.3) is 22.2 Å². The summed E-state index contributed by atoms with van der Waals surface area (Å²) in [5, 5.41) is 11.0. The Morgan fingerprint density at radius 3 is 2.60 bits per heavy atom. The van der Waals surface area contributed by atoms with Gasteiger partial charge in [-0.25, -0.2) is 0 Å². The summed E-state index contributed by atoms with van der Waals surface area (Å²) >= 11 is 0. The van der Waals surface area contributed by atoms with Crippen molar-refractivity contribution in [3.63, 3.8) is 0 Å². The van der Waals surface area contributed by atoms with Crippen molar-refractivity contribution in [1.82, 2.24) is 30.1 Å². The van der Waals surface area contributed by atoms with Gasteiger partial charge in [-0.15, -0.1) is 5.10 Å². The number of aromatic nitrogens is 6. The van der Waals surface area contributed by atoms with Crippen LogP contribution in [-0.2, 0) is 6.18 Å². The highest BCUT2D eigenvalue weighted by Gasteiger charge is 2.30. The second-order valence-electron chi connectivity index (χ2n) is 7.34. The SMILES string of the molecule is Nc1cc(Oc2ccc(-c3nc(Nc4cccc(C(F)(F)F)c4)n[nH]3)c3ccncc23)nc(N)n1. The van der Waals surface area contributed by atoms with Gasteiger partial charge in [0.25, 0.3) is 0 Å². The predicted molar refractivity (Wildman–Crippen MR) is 123 cm³/mol. The summed E-state index contributed by atoms with van der Waals surface area (Å²) in [5.74, 6) is 1.23. The zero-order chi connectivity index (χ0) is 24.6. The highest BCUT2D eigenvalue weighted by atomic mass is 19.4. The molecule has 0 aliphatic rings. The van der Waals surface area contributed by atoms with Crippen LogP contribution in [0.4, 0.5) is 36.6 Å². The minimum Gasteiger partial charge on any atom is -0.438 e. The first-order chi connectivity index (χ1) is 16.8. The largest absolute Gasteiger partial charge is 0.438 e. The van der Waals surface area contributed by atoms with E-state index in [0.29, 0.717) is 22.5 Å². The zero-order valence-corrected chi connectivity index (χ0v) is 17.7. The molecular weight excluding hydrogens is 463 g/mol. The number of hydrogen-bond acceptors (Lipinski definition) is 9. The van der Waals surface area contributed by atoms with Gasteiger partial charge in [0, 0.05) is 35.1 Å². The van der Waals surface area contributed by atoms with Crippen LogP contribution in [0.15, 0.2) is 60.9 Å². The first-order valence-electron chi connectivity index (χ1n) is 10.1. The minimum absolute atomic E-state index is 0.0264. The molecule has 0 saturated heterocycles. The Morgan fingerprint density at radius 2 is 1.80 bits per heavy atom. The summed E-state index contributed by atoms with van der Waals surface area (Å²) in [7, 11) is 0. The van der Waals surface area contributed by atoms with E-state index in [1.54, 1.807) is 30.6 Å². The smallest absolute Gasteiger partial charge is 0.416 e. The number of ether oxygens (including phenoxy) is 1. The van der Waals surface area contributed by atoms with Gasteiger partial charge < -0.3 is 21.5 Å². The number of alkyl halides is 3. The van der Waals surface area contributed by atoms with Gasteiger partial charge in [0.05, 0.1) is 5.56 Å². The summed E-state index contributed by atoms with van der Waals surface area (Å²) in [6.45, 7) is 0. The molecule has 0 fully saturated rings. The van der Waals surface area contributed by atoms with Crippen LogP contribution in [0.3, 0.4) is 0 Å². The normalized spacial score (nSPS) is 11.5. The quantitative estimate of drug-likeness (QED) is 0.285. The van der Waals surface area contributed by atoms with E-state index in [1.165, 1.54) is 18.2 Å². The summed E-state index contributed by atoms with van der Waals surface area (Å²) in [6.07, 6.45) is -1.24. The Bertz CT molecular complexity index is 1510. The molecule has 0 unspecified atom stereocenters. The monoisotopic (exact) mass is 479 g/mol. The fraction of sp³-hybridized carbons (Fsp3) is 0.0455. The second-order valence-corrected chi connectivity index (χ2v) is 7.34. The molecule has 0 saturated carbocycles. The summed E-state index contributed by atoms with van der Waals surface area (Å²) in [4.78, 5) is 16.4. The molecule has 0 atom stereocenters. The molecule has 3 aromatic heterocycles. The molecular formula is C22H16F3N9O. The number of aromatic amines is 1. The number of H-pyrrole nitrogens is 1. The molecule has 3 heterocycles. The Balaban J connectivity index is 1.46. The van der Waals surface area contributed by atoms with E-state index in [-0.39, 0.29) is 29.3 Å². The van der Waals surface area contributed by atoms with E-state index in [0.717, 1.165) is 17.5 Å². The molecule has 176 valence electrons. The standard InChI is InChI=1S/C22H16F3N9O/c23-22(24,25)11-2-1-3-12(8-11)29-21-32-19(33-34-21)14-4-5-16(15-10-28-7-6-13(14)15)35-18-9-17(26)30-20(27)31-18/h1-10H,(H4,26,27,30,31)(H2,29,32,33,34). The molecule has 10 nitrogen and oxygen atoms in total. The maximum absolute atomic E-state index is 13.0. The number of nitrogens with two attached hydrogens (primary N) is 2. The lowest BCUT2D eigenvalue weighted by atomic mass is 10.1. The van der Waals surface area contributed by atoms with E-state index in [9.17, 15) is 13.2 Å². The molecule has 35 heavy (non-hydrogen) atoms. The molecule has 0 amide bonds. The van der Waals surface area contributed by atoms with Crippen LogP contribution in [0.2, 0.25) is 0 Å². The lowest BCUT2D eigenvalue weighted by molar-refractivity contribution is -0.137. The summed E-state index contributed by atoms with van der Waals surface area (Å²) in [5.41, 5.74) is 11.4. The number of halogens is 3. The van der Waals surface area contributed by atoms with Crippen LogP contribution >= 0.6 is 0 Å². The summed E-state index contributed by atoms with van der Waals surface area (Å²) < 4.78 is 44.8. The maximum Gasteiger partial charge on any atom is 0.416 e. The molecule has 13 heteroatoms. The highest BCUT2D eigenvalue weighted by molar-refractivity contribution is 5.98. The Kier molecular flexibility index (Phi) is 5.28. The Morgan fingerprint density at radius 1 is 0.943 bits per heavy atom. The zero-order valence-electron chi connectivity index (χ0n) is 17.7. The molecule has 0 aliphatic heterocycles. The number of anilines is 4. The van der Waals surface area contributed by atoms with Crippen molar-refractivity contribution in [2.75, 3.05) is 16.8 Å². The summed E-state index contributed by atoms with van der Waals surface area (Å²) in [6, 6.07) is 11.4. The third kappa shape index (κ3) is 4.59. The molecule has 2 aromatic carbocycles. The van der Waals surface area contributed by atoms with E-state index in [4.69, 9.17) is 16.2 Å². The lowest BCUT2D eigenvalue weighted by Gasteiger charge is -2.11. The van der Waals surface area contributed by atoms with E-state index < -0.39 is 11.7 Å². The average Bonchev–Trinajstić information content (AvgIpc) is 3.26. The number of nitrogens with zero attached hydrogens (tertiary/aromatic N) is 5. The second kappa shape index (κ2) is 8.44. The van der Waals surface area contributed by atoms with Gasteiger partial charge in [0.2, 0.25) is 17.8 Å². The number of nitrogens with one attached hydrogen (secondary N) is 2. The van der Waals surface area contributed by atoms with E-state index in [1.807, 2.05) is 0 Å². The first-order valence-corrected chi connectivity index (χ1v) is 10.1.